The molecule has 38 heavy (non-hydrogen) atoms. The molecule has 13 heteroatoms. The second kappa shape index (κ2) is 11.4. The summed E-state index contributed by atoms with van der Waals surface area (Å²) in [6.45, 7) is 0. The Bertz CT molecular complexity index is 1300. The highest BCUT2D eigenvalue weighted by molar-refractivity contribution is 9.10. The predicted molar refractivity (Wildman–Crippen MR) is 129 cm³/mol. The van der Waals surface area contributed by atoms with Crippen LogP contribution in [0.2, 0.25) is 0 Å². The van der Waals surface area contributed by atoms with Gasteiger partial charge in [-0.05, 0) is 53.6 Å². The molecule has 0 fully saturated rings. The molecule has 0 aliphatic rings. The van der Waals surface area contributed by atoms with Crippen LogP contribution in [0.25, 0.3) is 0 Å². The maximum absolute atomic E-state index is 13.9. The van der Waals surface area contributed by atoms with E-state index in [4.69, 9.17) is 4.74 Å². The molecule has 3 aromatic rings. The molecule has 0 heterocycles. The van der Waals surface area contributed by atoms with Gasteiger partial charge in [0.05, 0.1) is 12.7 Å². The molecule has 202 valence electrons. The number of nitrogens with zero attached hydrogens (tertiary/aromatic N) is 2. The molecule has 0 aromatic heterocycles. The number of carbonyl (C=O) groups excluding carboxylic acids is 1. The van der Waals surface area contributed by atoms with Crippen LogP contribution in [-0.4, -0.2) is 30.2 Å². The van der Waals surface area contributed by atoms with Crippen LogP contribution in [-0.2, 0) is 17.4 Å². The van der Waals surface area contributed by atoms with E-state index in [-0.39, 0.29) is 10.6 Å². The average molecular weight is 605 g/mol. The summed E-state index contributed by atoms with van der Waals surface area (Å²) in [5.41, 5.74) is -1.85. The average Bonchev–Trinajstić information content (AvgIpc) is 2.86. The number of ether oxygens (including phenoxy) is 1. The van der Waals surface area contributed by atoms with Crippen molar-refractivity contribution in [1.82, 2.24) is 0 Å². The van der Waals surface area contributed by atoms with E-state index < -0.39 is 58.5 Å². The fourth-order valence-corrected chi connectivity index (χ4v) is 4.36. The van der Waals surface area contributed by atoms with Crippen LogP contribution in [0.4, 0.5) is 32.0 Å². The van der Waals surface area contributed by atoms with Crippen LogP contribution in [0, 0.1) is 10.1 Å². The Labute approximate surface area is 221 Å². The smallest absolute Gasteiger partial charge is 0.471 e. The molecule has 0 aliphatic heterocycles. The summed E-state index contributed by atoms with van der Waals surface area (Å²) in [6.07, 6.45) is -10.9. The zero-order valence-corrected chi connectivity index (χ0v) is 21.0. The molecule has 0 radical (unpaired) electrons. The number of carbonyl (C=O) groups is 1. The van der Waals surface area contributed by atoms with Crippen molar-refractivity contribution >= 4 is 27.5 Å². The van der Waals surface area contributed by atoms with Crippen molar-refractivity contribution < 1.29 is 40.8 Å². The second-order valence-corrected chi connectivity index (χ2v) is 8.94. The monoisotopic (exact) mass is 604 g/mol. The Morgan fingerprint density at radius 1 is 1.00 bits per heavy atom. The first-order chi connectivity index (χ1) is 17.7. The van der Waals surface area contributed by atoms with Crippen LogP contribution in [0.5, 0.6) is 5.75 Å². The van der Waals surface area contributed by atoms with Gasteiger partial charge in [-0.1, -0.05) is 46.3 Å². The minimum Gasteiger partial charge on any atom is -0.497 e. The fraction of sp³-hybridized carbons (Fsp3) is 0.240. The Kier molecular flexibility index (Phi) is 8.70. The van der Waals surface area contributed by atoms with Gasteiger partial charge in [-0.15, -0.1) is 0 Å². The molecule has 6 nitrogen and oxygen atoms in total. The number of methoxy groups -OCH3 is 1. The molecule has 0 aliphatic carbocycles. The zero-order valence-electron chi connectivity index (χ0n) is 19.5. The molecule has 0 spiro atoms. The third-order valence-corrected chi connectivity index (χ3v) is 6.44. The topological polar surface area (TPSA) is 72.7 Å². The lowest BCUT2D eigenvalue weighted by molar-refractivity contribution is -0.526. The summed E-state index contributed by atoms with van der Waals surface area (Å²) in [6, 6.07) is 9.84. The van der Waals surface area contributed by atoms with Crippen LogP contribution in [0.1, 0.15) is 22.7 Å². The largest absolute Gasteiger partial charge is 0.497 e. The lowest BCUT2D eigenvalue weighted by Gasteiger charge is -2.34. The van der Waals surface area contributed by atoms with Crippen LogP contribution >= 0.6 is 15.9 Å². The number of benzene rings is 3. The van der Waals surface area contributed by atoms with Crippen LogP contribution < -0.4 is 9.64 Å². The minimum absolute atomic E-state index is 0.124. The number of anilines is 1. The highest BCUT2D eigenvalue weighted by Crippen LogP contribution is 2.39. The van der Waals surface area contributed by atoms with E-state index in [0.29, 0.717) is 22.2 Å². The number of rotatable bonds is 8. The van der Waals surface area contributed by atoms with Gasteiger partial charge in [0.25, 0.3) is 0 Å². The van der Waals surface area contributed by atoms with E-state index in [1.807, 2.05) is 0 Å². The van der Waals surface area contributed by atoms with E-state index >= 15 is 0 Å². The summed E-state index contributed by atoms with van der Waals surface area (Å²) < 4.78 is 87.6. The number of amides is 1. The SMILES string of the molecule is COc1ccc(N(C(=O)C(F)(F)F)[C@H](c2cccc(C(F)(F)F)c2)[C@H](Cc2ccccc2Br)[N+](=O)[O-])cc1. The van der Waals surface area contributed by atoms with Crippen molar-refractivity contribution in [2.75, 3.05) is 12.0 Å². The van der Waals surface area contributed by atoms with Crippen molar-refractivity contribution in [3.63, 3.8) is 0 Å². The number of halogens is 7. The van der Waals surface area contributed by atoms with E-state index in [2.05, 4.69) is 15.9 Å². The Balaban J connectivity index is 2.32. The molecule has 0 saturated heterocycles. The van der Waals surface area contributed by atoms with Gasteiger partial charge in [0.1, 0.15) is 11.8 Å². The van der Waals surface area contributed by atoms with Crippen molar-refractivity contribution in [3.8, 4) is 5.75 Å². The maximum Gasteiger partial charge on any atom is 0.471 e. The van der Waals surface area contributed by atoms with Gasteiger partial charge >= 0.3 is 18.3 Å². The highest BCUT2D eigenvalue weighted by Gasteiger charge is 2.50. The lowest BCUT2D eigenvalue weighted by atomic mass is 9.91. The standard InChI is InChI=1S/C25H19BrF6N2O4/c1-38-19-11-9-18(10-12-19)33(23(35)25(30,31)32)22(16-6-4-7-17(13-16)24(27,28)29)21(34(36)37)14-15-5-2-3-8-20(15)26/h2-13,21-22H,14H2,1H3/t21-,22+/m0/s1. The first-order valence-corrected chi connectivity index (χ1v) is 11.6. The van der Waals surface area contributed by atoms with Crippen LogP contribution in [0.3, 0.4) is 0 Å². The van der Waals surface area contributed by atoms with Gasteiger partial charge in [-0.25, -0.2) is 0 Å². The molecular weight excluding hydrogens is 586 g/mol. The fourth-order valence-electron chi connectivity index (χ4n) is 3.92. The summed E-state index contributed by atoms with van der Waals surface area (Å²) in [4.78, 5) is 24.4. The van der Waals surface area contributed by atoms with Crippen LogP contribution in [0.15, 0.2) is 77.3 Å². The van der Waals surface area contributed by atoms with Gasteiger partial charge in [0.2, 0.25) is 6.04 Å². The molecule has 0 saturated carbocycles. The predicted octanol–water partition coefficient (Wildman–Crippen LogP) is 7.00. The molecule has 1 amide bonds. The Hall–Kier alpha value is -3.61. The number of hydrogen-bond acceptors (Lipinski definition) is 4. The summed E-state index contributed by atoms with van der Waals surface area (Å²) >= 11 is 3.23. The third kappa shape index (κ3) is 6.63. The highest BCUT2D eigenvalue weighted by atomic mass is 79.9. The van der Waals surface area contributed by atoms with Crippen molar-refractivity contribution in [2.24, 2.45) is 0 Å². The first kappa shape index (κ1) is 29.0. The second-order valence-electron chi connectivity index (χ2n) is 8.09. The van der Waals surface area contributed by atoms with E-state index in [1.165, 1.54) is 25.3 Å². The maximum atomic E-state index is 13.9. The molecule has 2 atom stereocenters. The quantitative estimate of drug-likeness (QED) is 0.158. The Morgan fingerprint density at radius 3 is 2.16 bits per heavy atom. The van der Waals surface area contributed by atoms with Crippen molar-refractivity contribution in [1.29, 1.82) is 0 Å². The zero-order chi connectivity index (χ0) is 28.3. The molecule has 0 N–H and O–H groups in total. The first-order valence-electron chi connectivity index (χ1n) is 10.8. The summed E-state index contributed by atoms with van der Waals surface area (Å²) in [7, 11) is 1.29. The van der Waals surface area contributed by atoms with Gasteiger partial charge in [-0.3, -0.25) is 19.8 Å². The van der Waals surface area contributed by atoms with Crippen molar-refractivity contribution in [2.45, 2.75) is 30.9 Å². The van der Waals surface area contributed by atoms with Gasteiger partial charge in [0.15, 0.2) is 0 Å². The molecule has 0 bridgehead atoms. The van der Waals surface area contributed by atoms with E-state index in [9.17, 15) is 41.3 Å². The number of alkyl halides is 6. The van der Waals surface area contributed by atoms with Gasteiger partial charge < -0.3 is 4.74 Å². The number of hydrogen-bond donors (Lipinski definition) is 0. The number of nitro groups is 1. The normalized spacial score (nSPS) is 13.5. The summed E-state index contributed by atoms with van der Waals surface area (Å²) in [5.74, 6) is -2.27. The van der Waals surface area contributed by atoms with Gasteiger partial charge in [0, 0.05) is 21.5 Å². The van der Waals surface area contributed by atoms with Crippen molar-refractivity contribution in [3.05, 3.63) is 104 Å². The van der Waals surface area contributed by atoms with Gasteiger partial charge in [-0.2, -0.15) is 26.3 Å². The molecule has 0 unspecified atom stereocenters. The molecule has 3 aromatic carbocycles. The Morgan fingerprint density at radius 2 is 1.63 bits per heavy atom. The third-order valence-electron chi connectivity index (χ3n) is 5.67. The molecular formula is C25H19BrF6N2O4. The van der Waals surface area contributed by atoms with E-state index in [0.717, 1.165) is 24.3 Å². The minimum atomic E-state index is -5.51. The van der Waals surface area contributed by atoms with E-state index in [1.54, 1.807) is 18.2 Å². The molecule has 3 rings (SSSR count). The lowest BCUT2D eigenvalue weighted by Crippen LogP contribution is -2.49. The summed E-state index contributed by atoms with van der Waals surface area (Å²) in [5, 5.41) is 12.3.